The van der Waals surface area contributed by atoms with E-state index in [9.17, 15) is 0 Å². The topological polar surface area (TPSA) is 24.9 Å². The van der Waals surface area contributed by atoms with Crippen molar-refractivity contribution in [2.24, 2.45) is 0 Å². The van der Waals surface area contributed by atoms with Crippen LogP contribution in [0.4, 0.5) is 5.69 Å². The lowest BCUT2D eigenvalue weighted by Gasteiger charge is -2.10. The van der Waals surface area contributed by atoms with E-state index < -0.39 is 0 Å². The van der Waals surface area contributed by atoms with Crippen molar-refractivity contribution in [3.05, 3.63) is 58.9 Å². The Bertz CT molecular complexity index is 501. The lowest BCUT2D eigenvalue weighted by atomic mass is 10.1. The van der Waals surface area contributed by atoms with Crippen molar-refractivity contribution in [1.82, 2.24) is 4.98 Å². The summed E-state index contributed by atoms with van der Waals surface area (Å²) in [5.41, 5.74) is 6.01. The van der Waals surface area contributed by atoms with Gasteiger partial charge in [-0.3, -0.25) is 4.98 Å². The van der Waals surface area contributed by atoms with Gasteiger partial charge in [-0.1, -0.05) is 18.2 Å². The molecule has 1 heterocycles. The summed E-state index contributed by atoms with van der Waals surface area (Å²) in [6, 6.07) is 10.6. The Hall–Kier alpha value is -1.83. The van der Waals surface area contributed by atoms with Gasteiger partial charge >= 0.3 is 0 Å². The molecular formula is C15H18N2. The highest BCUT2D eigenvalue weighted by Crippen LogP contribution is 2.17. The number of aromatic nitrogens is 1. The highest BCUT2D eigenvalue weighted by Gasteiger charge is 1.99. The Morgan fingerprint density at radius 1 is 1.06 bits per heavy atom. The van der Waals surface area contributed by atoms with Gasteiger partial charge < -0.3 is 5.32 Å². The molecule has 1 aromatic heterocycles. The zero-order valence-corrected chi connectivity index (χ0v) is 10.6. The Balaban J connectivity index is 2.07. The lowest BCUT2D eigenvalue weighted by Crippen LogP contribution is -2.01. The number of hydrogen-bond acceptors (Lipinski definition) is 2. The van der Waals surface area contributed by atoms with Gasteiger partial charge in [0.25, 0.3) is 0 Å². The van der Waals surface area contributed by atoms with Crippen LogP contribution in [0.3, 0.4) is 0 Å². The molecule has 0 unspecified atom stereocenters. The molecule has 2 rings (SSSR count). The van der Waals surface area contributed by atoms with Gasteiger partial charge in [0.2, 0.25) is 0 Å². The standard InChI is InChI=1S/C15H18N2/c1-11-4-5-12(2)15(8-11)17-10-14-7-6-13(3)16-9-14/h4-9,17H,10H2,1-3H3. The summed E-state index contributed by atoms with van der Waals surface area (Å²) in [6.45, 7) is 7.05. The van der Waals surface area contributed by atoms with Gasteiger partial charge in [0, 0.05) is 24.1 Å². The SMILES string of the molecule is Cc1ccc(C)c(NCc2ccc(C)nc2)c1. The fourth-order valence-electron chi connectivity index (χ4n) is 1.73. The van der Waals surface area contributed by atoms with Crippen molar-refractivity contribution in [1.29, 1.82) is 0 Å². The van der Waals surface area contributed by atoms with Crippen LogP contribution >= 0.6 is 0 Å². The Kier molecular flexibility index (Phi) is 3.43. The molecule has 0 saturated heterocycles. The average molecular weight is 226 g/mol. The molecule has 0 bridgehead atoms. The van der Waals surface area contributed by atoms with E-state index in [2.05, 4.69) is 48.4 Å². The number of aryl methyl sites for hydroxylation is 3. The van der Waals surface area contributed by atoms with E-state index in [4.69, 9.17) is 0 Å². The first-order valence-electron chi connectivity index (χ1n) is 5.88. The van der Waals surface area contributed by atoms with Crippen molar-refractivity contribution < 1.29 is 0 Å². The molecule has 0 aliphatic heterocycles. The highest BCUT2D eigenvalue weighted by atomic mass is 14.9. The van der Waals surface area contributed by atoms with E-state index in [1.165, 1.54) is 22.4 Å². The van der Waals surface area contributed by atoms with E-state index >= 15 is 0 Å². The van der Waals surface area contributed by atoms with Crippen LogP contribution in [0.15, 0.2) is 36.5 Å². The smallest absolute Gasteiger partial charge is 0.0416 e. The second-order valence-corrected chi connectivity index (χ2v) is 4.48. The molecule has 0 aliphatic carbocycles. The van der Waals surface area contributed by atoms with Gasteiger partial charge in [0.15, 0.2) is 0 Å². The van der Waals surface area contributed by atoms with Gasteiger partial charge in [-0.15, -0.1) is 0 Å². The van der Waals surface area contributed by atoms with Gasteiger partial charge in [0.1, 0.15) is 0 Å². The predicted octanol–water partition coefficient (Wildman–Crippen LogP) is 3.62. The summed E-state index contributed by atoms with van der Waals surface area (Å²) < 4.78 is 0. The second kappa shape index (κ2) is 5.00. The molecule has 1 aromatic carbocycles. The monoisotopic (exact) mass is 226 g/mol. The number of pyridine rings is 1. The third-order valence-electron chi connectivity index (χ3n) is 2.85. The highest BCUT2D eigenvalue weighted by molar-refractivity contribution is 5.52. The van der Waals surface area contributed by atoms with Gasteiger partial charge in [-0.05, 0) is 49.6 Å². The van der Waals surface area contributed by atoms with Crippen LogP contribution in [-0.4, -0.2) is 4.98 Å². The summed E-state index contributed by atoms with van der Waals surface area (Å²) in [6.07, 6.45) is 1.92. The van der Waals surface area contributed by atoms with E-state index in [-0.39, 0.29) is 0 Å². The number of nitrogens with one attached hydrogen (secondary N) is 1. The molecule has 2 heteroatoms. The summed E-state index contributed by atoms with van der Waals surface area (Å²) in [5, 5.41) is 3.45. The minimum Gasteiger partial charge on any atom is -0.381 e. The van der Waals surface area contributed by atoms with Crippen molar-refractivity contribution >= 4 is 5.69 Å². The number of hydrogen-bond donors (Lipinski definition) is 1. The molecule has 1 N–H and O–H groups in total. The molecular weight excluding hydrogens is 208 g/mol. The van der Waals surface area contributed by atoms with Crippen molar-refractivity contribution in [2.45, 2.75) is 27.3 Å². The Morgan fingerprint density at radius 3 is 2.59 bits per heavy atom. The molecule has 0 radical (unpaired) electrons. The molecule has 0 amide bonds. The largest absolute Gasteiger partial charge is 0.381 e. The molecule has 0 atom stereocenters. The van der Waals surface area contributed by atoms with E-state index in [0.29, 0.717) is 0 Å². The van der Waals surface area contributed by atoms with Crippen molar-refractivity contribution in [3.63, 3.8) is 0 Å². The van der Waals surface area contributed by atoms with Crippen LogP contribution < -0.4 is 5.32 Å². The quantitative estimate of drug-likeness (QED) is 0.864. The van der Waals surface area contributed by atoms with Crippen molar-refractivity contribution in [2.75, 3.05) is 5.32 Å². The normalized spacial score (nSPS) is 10.3. The molecule has 0 spiro atoms. The Labute approximate surface area is 103 Å². The number of nitrogens with zero attached hydrogens (tertiary/aromatic N) is 1. The zero-order valence-electron chi connectivity index (χ0n) is 10.6. The molecule has 88 valence electrons. The third-order valence-corrected chi connectivity index (χ3v) is 2.85. The van der Waals surface area contributed by atoms with E-state index in [0.717, 1.165) is 12.2 Å². The maximum absolute atomic E-state index is 4.29. The average Bonchev–Trinajstić information content (AvgIpc) is 2.32. The summed E-state index contributed by atoms with van der Waals surface area (Å²) >= 11 is 0. The van der Waals surface area contributed by atoms with Crippen LogP contribution in [0.2, 0.25) is 0 Å². The maximum Gasteiger partial charge on any atom is 0.0416 e. The van der Waals surface area contributed by atoms with Crippen LogP contribution in [-0.2, 0) is 6.54 Å². The third kappa shape index (κ3) is 3.06. The molecule has 0 saturated carbocycles. The summed E-state index contributed by atoms with van der Waals surface area (Å²) in [7, 11) is 0. The molecule has 2 nitrogen and oxygen atoms in total. The van der Waals surface area contributed by atoms with Gasteiger partial charge in [0.05, 0.1) is 0 Å². The Morgan fingerprint density at radius 2 is 1.88 bits per heavy atom. The molecule has 0 fully saturated rings. The number of rotatable bonds is 3. The van der Waals surface area contributed by atoms with Crippen LogP contribution in [0.5, 0.6) is 0 Å². The summed E-state index contributed by atoms with van der Waals surface area (Å²) in [5.74, 6) is 0. The van der Waals surface area contributed by atoms with E-state index in [1.807, 2.05) is 19.2 Å². The van der Waals surface area contributed by atoms with Crippen LogP contribution in [0.25, 0.3) is 0 Å². The minimum absolute atomic E-state index is 0.817. The molecule has 17 heavy (non-hydrogen) atoms. The summed E-state index contributed by atoms with van der Waals surface area (Å²) in [4.78, 5) is 4.29. The first kappa shape index (κ1) is 11.6. The second-order valence-electron chi connectivity index (χ2n) is 4.48. The van der Waals surface area contributed by atoms with Gasteiger partial charge in [-0.25, -0.2) is 0 Å². The van der Waals surface area contributed by atoms with Gasteiger partial charge in [-0.2, -0.15) is 0 Å². The predicted molar refractivity (Wildman–Crippen MR) is 72.2 cm³/mol. The number of anilines is 1. The fourth-order valence-corrected chi connectivity index (χ4v) is 1.73. The first-order chi connectivity index (χ1) is 8.15. The maximum atomic E-state index is 4.29. The number of benzene rings is 1. The molecule has 2 aromatic rings. The van der Waals surface area contributed by atoms with Crippen LogP contribution in [0.1, 0.15) is 22.4 Å². The zero-order chi connectivity index (χ0) is 12.3. The first-order valence-corrected chi connectivity index (χ1v) is 5.88. The van der Waals surface area contributed by atoms with Crippen molar-refractivity contribution in [3.8, 4) is 0 Å². The van der Waals surface area contributed by atoms with Crippen LogP contribution in [0, 0.1) is 20.8 Å². The minimum atomic E-state index is 0.817. The fraction of sp³-hybridized carbons (Fsp3) is 0.267. The molecule has 0 aliphatic rings. The van der Waals surface area contributed by atoms with E-state index in [1.54, 1.807) is 0 Å². The lowest BCUT2D eigenvalue weighted by molar-refractivity contribution is 1.08.